The highest BCUT2D eigenvalue weighted by molar-refractivity contribution is 6.73. The van der Waals surface area contributed by atoms with E-state index in [0.29, 0.717) is 11.9 Å². The van der Waals surface area contributed by atoms with Crippen LogP contribution in [-0.4, -0.2) is 21.7 Å². The van der Waals surface area contributed by atoms with Gasteiger partial charge in [-0.3, -0.25) is 0 Å². The van der Waals surface area contributed by atoms with Gasteiger partial charge in [0.05, 0.1) is 5.82 Å². The lowest BCUT2D eigenvalue weighted by atomic mass is 9.80. The van der Waals surface area contributed by atoms with E-state index >= 15 is 0 Å². The van der Waals surface area contributed by atoms with Crippen LogP contribution >= 0.6 is 0 Å². The topological polar surface area (TPSA) is 39.9 Å². The molecule has 0 aliphatic carbocycles. The van der Waals surface area contributed by atoms with E-state index in [1.54, 1.807) is 4.68 Å². The number of nitrogens with zero attached hydrogens (tertiary/aromatic N) is 3. The van der Waals surface area contributed by atoms with Gasteiger partial charge in [0.1, 0.15) is 18.7 Å². The second-order valence-electron chi connectivity index (χ2n) is 4.76. The van der Waals surface area contributed by atoms with Gasteiger partial charge in [0.15, 0.2) is 5.82 Å². The van der Waals surface area contributed by atoms with Crippen LogP contribution in [0.5, 0.6) is 5.75 Å². The molecule has 2 aromatic rings. The molecule has 114 valence electrons. The van der Waals surface area contributed by atoms with E-state index in [0.717, 1.165) is 12.1 Å². The van der Waals surface area contributed by atoms with Gasteiger partial charge in [-0.2, -0.15) is 5.10 Å². The van der Waals surface area contributed by atoms with Crippen molar-refractivity contribution in [2.24, 2.45) is 0 Å². The number of aromatic nitrogens is 3. The third-order valence-corrected chi connectivity index (χ3v) is 2.83. The Morgan fingerprint density at radius 2 is 2.00 bits per heavy atom. The summed E-state index contributed by atoms with van der Waals surface area (Å²) in [5.41, 5.74) is -1.26. The van der Waals surface area contributed by atoms with Crippen molar-refractivity contribution in [3.8, 4) is 5.75 Å². The van der Waals surface area contributed by atoms with Crippen molar-refractivity contribution in [3.63, 3.8) is 0 Å². The standard InChI is InChI=1S/C12H13BF4N3O/c1-8(2)20-12(18-7-19-20)6-21-9-3-4-10(11(14)5-9)13(15,16)17/h3-5,7-8H,6H2,1-2H3/q-1. The maximum absolute atomic E-state index is 13.4. The average Bonchev–Trinajstić information content (AvgIpc) is 2.83. The maximum atomic E-state index is 13.4. The Morgan fingerprint density at radius 1 is 1.29 bits per heavy atom. The third-order valence-electron chi connectivity index (χ3n) is 2.83. The van der Waals surface area contributed by atoms with Gasteiger partial charge in [-0.1, -0.05) is 11.5 Å². The Kier molecular flexibility index (Phi) is 4.20. The lowest BCUT2D eigenvalue weighted by molar-refractivity contribution is 0.281. The van der Waals surface area contributed by atoms with E-state index in [4.69, 9.17) is 4.74 Å². The molecule has 0 bridgehead atoms. The van der Waals surface area contributed by atoms with Crippen molar-refractivity contribution in [2.45, 2.75) is 26.5 Å². The van der Waals surface area contributed by atoms with Crippen molar-refractivity contribution in [2.75, 3.05) is 0 Å². The van der Waals surface area contributed by atoms with E-state index in [9.17, 15) is 17.3 Å². The molecule has 21 heavy (non-hydrogen) atoms. The molecule has 0 amide bonds. The molecule has 1 heterocycles. The van der Waals surface area contributed by atoms with Gasteiger partial charge < -0.3 is 17.7 Å². The summed E-state index contributed by atoms with van der Waals surface area (Å²) in [6.45, 7) is -1.57. The van der Waals surface area contributed by atoms with E-state index in [1.165, 1.54) is 6.33 Å². The molecular weight excluding hydrogens is 289 g/mol. The largest absolute Gasteiger partial charge is 0.512 e. The predicted molar refractivity (Wildman–Crippen MR) is 69.9 cm³/mol. The Balaban J connectivity index is 2.11. The van der Waals surface area contributed by atoms with Crippen molar-refractivity contribution in [1.29, 1.82) is 0 Å². The number of rotatable bonds is 5. The van der Waals surface area contributed by atoms with E-state index < -0.39 is 18.3 Å². The first-order valence-electron chi connectivity index (χ1n) is 6.29. The molecule has 0 atom stereocenters. The minimum Gasteiger partial charge on any atom is -0.486 e. The maximum Gasteiger partial charge on any atom is 0.512 e. The minimum atomic E-state index is -5.37. The summed E-state index contributed by atoms with van der Waals surface area (Å²) in [6, 6.07) is 2.56. The average molecular weight is 302 g/mol. The molecule has 0 aliphatic heterocycles. The Bertz CT molecular complexity index is 627. The molecule has 0 spiro atoms. The fourth-order valence-electron chi connectivity index (χ4n) is 1.82. The first-order chi connectivity index (χ1) is 9.79. The molecule has 0 saturated heterocycles. The van der Waals surface area contributed by atoms with Crippen LogP contribution < -0.4 is 10.2 Å². The van der Waals surface area contributed by atoms with Gasteiger partial charge in [0.25, 0.3) is 0 Å². The summed E-state index contributed by atoms with van der Waals surface area (Å²) >= 11 is 0. The molecule has 0 saturated carbocycles. The lowest BCUT2D eigenvalue weighted by Crippen LogP contribution is -2.36. The SMILES string of the molecule is CC(C)n1ncnc1COc1ccc([B-](F)(F)F)c(F)c1. The van der Waals surface area contributed by atoms with Crippen LogP contribution in [0.2, 0.25) is 0 Å². The first-order valence-corrected chi connectivity index (χ1v) is 6.29. The molecule has 2 rings (SSSR count). The quantitative estimate of drug-likeness (QED) is 0.629. The van der Waals surface area contributed by atoms with Crippen LogP contribution in [0.3, 0.4) is 0 Å². The summed E-state index contributed by atoms with van der Waals surface area (Å²) in [4.78, 5) is 3.99. The zero-order valence-electron chi connectivity index (χ0n) is 11.4. The van der Waals surface area contributed by atoms with E-state index in [2.05, 4.69) is 10.1 Å². The summed E-state index contributed by atoms with van der Waals surface area (Å²) < 4.78 is 57.8. The van der Waals surface area contributed by atoms with Gasteiger partial charge >= 0.3 is 6.98 Å². The van der Waals surface area contributed by atoms with Crippen LogP contribution in [0.4, 0.5) is 17.3 Å². The number of hydrogen-bond donors (Lipinski definition) is 0. The molecule has 0 N–H and O–H groups in total. The van der Waals surface area contributed by atoms with Gasteiger partial charge in [-0.25, -0.2) is 14.1 Å². The first kappa shape index (κ1) is 15.3. The fourth-order valence-corrected chi connectivity index (χ4v) is 1.82. The molecule has 0 aliphatic rings. The Labute approximate surface area is 118 Å². The Hall–Kier alpha value is -2.06. The van der Waals surface area contributed by atoms with Crippen LogP contribution in [0, 0.1) is 5.82 Å². The second-order valence-corrected chi connectivity index (χ2v) is 4.76. The van der Waals surface area contributed by atoms with E-state index in [-0.39, 0.29) is 18.4 Å². The lowest BCUT2D eigenvalue weighted by Gasteiger charge is -2.16. The zero-order valence-corrected chi connectivity index (χ0v) is 11.4. The summed E-state index contributed by atoms with van der Waals surface area (Å²) in [5, 5.41) is 4.00. The molecule has 0 fully saturated rings. The van der Waals surface area contributed by atoms with Gasteiger partial charge in [0, 0.05) is 12.1 Å². The monoisotopic (exact) mass is 302 g/mol. The number of ether oxygens (including phenoxy) is 1. The molecular formula is C12H13BF4N3O-. The summed E-state index contributed by atoms with van der Waals surface area (Å²) in [7, 11) is 0. The van der Waals surface area contributed by atoms with Crippen LogP contribution in [0.1, 0.15) is 25.7 Å². The summed E-state index contributed by atoms with van der Waals surface area (Å²) in [5.74, 6) is -0.825. The molecule has 9 heteroatoms. The third kappa shape index (κ3) is 3.53. The molecule has 4 nitrogen and oxygen atoms in total. The normalized spacial score (nSPS) is 12.0. The molecule has 0 unspecified atom stereocenters. The van der Waals surface area contributed by atoms with Crippen LogP contribution in [0.25, 0.3) is 0 Å². The minimum absolute atomic E-state index is 0.00583. The highest BCUT2D eigenvalue weighted by Gasteiger charge is 2.29. The predicted octanol–water partition coefficient (Wildman–Crippen LogP) is 2.63. The van der Waals surface area contributed by atoms with Gasteiger partial charge in [-0.15, -0.1) is 0 Å². The van der Waals surface area contributed by atoms with Gasteiger partial charge in [0.2, 0.25) is 0 Å². The van der Waals surface area contributed by atoms with E-state index in [1.807, 2.05) is 13.8 Å². The van der Waals surface area contributed by atoms with Crippen LogP contribution in [0.15, 0.2) is 24.5 Å². The molecule has 1 aromatic heterocycles. The number of benzene rings is 1. The Morgan fingerprint density at radius 3 is 2.57 bits per heavy atom. The summed E-state index contributed by atoms with van der Waals surface area (Å²) in [6.07, 6.45) is 1.36. The smallest absolute Gasteiger partial charge is 0.486 e. The molecule has 1 aromatic carbocycles. The fraction of sp³-hybridized carbons (Fsp3) is 0.333. The van der Waals surface area contributed by atoms with Crippen molar-refractivity contribution in [3.05, 3.63) is 36.2 Å². The number of halogens is 4. The number of hydrogen-bond acceptors (Lipinski definition) is 3. The molecule has 0 radical (unpaired) electrons. The van der Waals surface area contributed by atoms with Crippen molar-refractivity contribution < 1.29 is 22.1 Å². The van der Waals surface area contributed by atoms with Crippen molar-refractivity contribution in [1.82, 2.24) is 14.8 Å². The highest BCUT2D eigenvalue weighted by Crippen LogP contribution is 2.18. The van der Waals surface area contributed by atoms with Gasteiger partial charge in [-0.05, 0) is 19.9 Å². The van der Waals surface area contributed by atoms with Crippen molar-refractivity contribution >= 4 is 12.4 Å². The highest BCUT2D eigenvalue weighted by atomic mass is 19.4. The second kappa shape index (κ2) is 5.75. The van der Waals surface area contributed by atoms with Crippen LogP contribution in [-0.2, 0) is 6.61 Å². The zero-order chi connectivity index (χ0) is 15.6.